The first-order valence-electron chi connectivity index (χ1n) is 5.23. The van der Waals surface area contributed by atoms with Crippen molar-refractivity contribution in [1.29, 1.82) is 0 Å². The lowest BCUT2D eigenvalue weighted by atomic mass is 10.0. The maximum atomic E-state index is 5.53. The molecule has 1 atom stereocenters. The van der Waals surface area contributed by atoms with E-state index in [1.807, 2.05) is 13.1 Å². The second kappa shape index (κ2) is 4.01. The summed E-state index contributed by atoms with van der Waals surface area (Å²) in [6, 6.07) is 2.31. The van der Waals surface area contributed by atoms with Crippen LogP contribution in [0.1, 0.15) is 36.6 Å². The van der Waals surface area contributed by atoms with Crippen LogP contribution in [0, 0.1) is 6.92 Å². The molecule has 0 aliphatic heterocycles. The van der Waals surface area contributed by atoms with Gasteiger partial charge in [-0.1, -0.05) is 6.08 Å². The van der Waals surface area contributed by atoms with E-state index in [1.54, 1.807) is 6.26 Å². The number of aryl methyl sites for hydroxylation is 1. The van der Waals surface area contributed by atoms with Crippen LogP contribution < -0.4 is 5.32 Å². The zero-order valence-corrected chi connectivity index (χ0v) is 8.84. The van der Waals surface area contributed by atoms with Crippen molar-refractivity contribution in [3.05, 3.63) is 35.3 Å². The van der Waals surface area contributed by atoms with Gasteiger partial charge in [-0.05, 0) is 50.4 Å². The standard InChI is InChI=1S/C12H17NO/c1-9-7-8-14-12(9)11(13-2)10-5-3-4-6-10/h5,7-8,11,13H,3-4,6H2,1-2H3. The zero-order valence-electron chi connectivity index (χ0n) is 8.84. The van der Waals surface area contributed by atoms with E-state index >= 15 is 0 Å². The highest BCUT2D eigenvalue weighted by atomic mass is 16.3. The fourth-order valence-corrected chi connectivity index (χ4v) is 2.12. The van der Waals surface area contributed by atoms with Gasteiger partial charge in [0.05, 0.1) is 12.3 Å². The van der Waals surface area contributed by atoms with Crippen LogP contribution in [0.5, 0.6) is 0 Å². The quantitative estimate of drug-likeness (QED) is 0.743. The van der Waals surface area contributed by atoms with Gasteiger partial charge in [0, 0.05) is 0 Å². The maximum Gasteiger partial charge on any atom is 0.127 e. The van der Waals surface area contributed by atoms with Gasteiger partial charge >= 0.3 is 0 Å². The Hall–Kier alpha value is -1.02. The number of rotatable bonds is 3. The van der Waals surface area contributed by atoms with Crippen LogP contribution in [-0.4, -0.2) is 7.05 Å². The first-order valence-corrected chi connectivity index (χ1v) is 5.23. The minimum atomic E-state index is 0.285. The Balaban J connectivity index is 2.25. The van der Waals surface area contributed by atoms with Gasteiger partial charge in [-0.15, -0.1) is 0 Å². The highest BCUT2D eigenvalue weighted by Crippen LogP contribution is 2.32. The summed E-state index contributed by atoms with van der Waals surface area (Å²) in [6.07, 6.45) is 7.81. The minimum absolute atomic E-state index is 0.285. The van der Waals surface area contributed by atoms with Gasteiger partial charge in [-0.25, -0.2) is 0 Å². The van der Waals surface area contributed by atoms with Crippen molar-refractivity contribution >= 4 is 0 Å². The lowest BCUT2D eigenvalue weighted by Crippen LogP contribution is -2.18. The molecule has 0 bridgehead atoms. The fraction of sp³-hybridized carbons (Fsp3) is 0.500. The Morgan fingerprint density at radius 3 is 2.86 bits per heavy atom. The molecule has 1 aromatic heterocycles. The van der Waals surface area contributed by atoms with Crippen LogP contribution in [-0.2, 0) is 0 Å². The molecular weight excluding hydrogens is 174 g/mol. The van der Waals surface area contributed by atoms with Crippen molar-refractivity contribution in [2.24, 2.45) is 0 Å². The molecule has 0 aromatic carbocycles. The van der Waals surface area contributed by atoms with Crippen LogP contribution in [0.15, 0.2) is 28.4 Å². The SMILES string of the molecule is CNC(C1=CCCC1)c1occc1C. The van der Waals surface area contributed by atoms with Gasteiger partial charge in [0.25, 0.3) is 0 Å². The summed E-state index contributed by atoms with van der Waals surface area (Å²) in [6.45, 7) is 2.10. The topological polar surface area (TPSA) is 25.2 Å². The molecule has 0 radical (unpaired) electrons. The van der Waals surface area contributed by atoms with Gasteiger partial charge in [0.1, 0.15) is 5.76 Å². The van der Waals surface area contributed by atoms with Crippen molar-refractivity contribution in [2.75, 3.05) is 7.05 Å². The van der Waals surface area contributed by atoms with Gasteiger partial charge in [-0.2, -0.15) is 0 Å². The number of hydrogen-bond acceptors (Lipinski definition) is 2. The van der Waals surface area contributed by atoms with Crippen LogP contribution in [0.25, 0.3) is 0 Å². The second-order valence-electron chi connectivity index (χ2n) is 3.86. The van der Waals surface area contributed by atoms with Crippen molar-refractivity contribution in [2.45, 2.75) is 32.2 Å². The monoisotopic (exact) mass is 191 g/mol. The van der Waals surface area contributed by atoms with Crippen molar-refractivity contribution in [3.8, 4) is 0 Å². The third kappa shape index (κ3) is 1.62. The molecule has 0 saturated carbocycles. The average Bonchev–Trinajstić information content (AvgIpc) is 2.80. The summed E-state index contributed by atoms with van der Waals surface area (Å²) in [5.74, 6) is 1.07. The normalized spacial score (nSPS) is 18.3. The lowest BCUT2D eigenvalue weighted by molar-refractivity contribution is 0.453. The smallest absolute Gasteiger partial charge is 0.127 e. The number of likely N-dealkylation sites (N-methyl/N-ethyl adjacent to an activating group) is 1. The summed E-state index contributed by atoms with van der Waals surface area (Å²) in [5, 5.41) is 3.33. The molecule has 0 spiro atoms. The Bertz CT molecular complexity index is 338. The molecule has 1 aliphatic rings. The van der Waals surface area contributed by atoms with Crippen LogP contribution in [0.4, 0.5) is 0 Å². The molecule has 0 saturated heterocycles. The van der Waals surface area contributed by atoms with E-state index in [2.05, 4.69) is 18.3 Å². The largest absolute Gasteiger partial charge is 0.467 e. The highest BCUT2D eigenvalue weighted by molar-refractivity contribution is 5.28. The molecule has 1 heterocycles. The molecular formula is C12H17NO. The minimum Gasteiger partial charge on any atom is -0.467 e. The number of allylic oxidation sites excluding steroid dienone is 1. The zero-order chi connectivity index (χ0) is 9.97. The molecule has 76 valence electrons. The number of nitrogens with one attached hydrogen (secondary N) is 1. The second-order valence-corrected chi connectivity index (χ2v) is 3.86. The molecule has 2 heteroatoms. The van der Waals surface area contributed by atoms with Crippen LogP contribution in [0.3, 0.4) is 0 Å². The van der Waals surface area contributed by atoms with E-state index in [1.165, 1.54) is 30.4 Å². The van der Waals surface area contributed by atoms with E-state index in [-0.39, 0.29) is 6.04 Å². The molecule has 0 fully saturated rings. The van der Waals surface area contributed by atoms with Gasteiger partial charge < -0.3 is 9.73 Å². The Morgan fingerprint density at radius 1 is 1.50 bits per heavy atom. The Morgan fingerprint density at radius 2 is 2.36 bits per heavy atom. The van der Waals surface area contributed by atoms with E-state index in [0.29, 0.717) is 0 Å². The summed E-state index contributed by atoms with van der Waals surface area (Å²) >= 11 is 0. The third-order valence-electron chi connectivity index (χ3n) is 2.90. The first kappa shape index (κ1) is 9.53. The van der Waals surface area contributed by atoms with Gasteiger partial charge in [0.2, 0.25) is 0 Å². The summed E-state index contributed by atoms with van der Waals surface area (Å²) in [4.78, 5) is 0. The van der Waals surface area contributed by atoms with Gasteiger partial charge in [-0.3, -0.25) is 0 Å². The van der Waals surface area contributed by atoms with Crippen molar-refractivity contribution in [3.63, 3.8) is 0 Å². The summed E-state index contributed by atoms with van der Waals surface area (Å²) < 4.78 is 5.53. The molecule has 1 aliphatic carbocycles. The number of furan rings is 1. The molecule has 14 heavy (non-hydrogen) atoms. The fourth-order valence-electron chi connectivity index (χ4n) is 2.12. The van der Waals surface area contributed by atoms with E-state index in [9.17, 15) is 0 Å². The summed E-state index contributed by atoms with van der Waals surface area (Å²) in [7, 11) is 1.99. The molecule has 2 nitrogen and oxygen atoms in total. The van der Waals surface area contributed by atoms with Gasteiger partial charge in [0.15, 0.2) is 0 Å². The number of hydrogen-bond donors (Lipinski definition) is 1. The van der Waals surface area contributed by atoms with Crippen LogP contribution >= 0.6 is 0 Å². The third-order valence-corrected chi connectivity index (χ3v) is 2.90. The summed E-state index contributed by atoms with van der Waals surface area (Å²) in [5.41, 5.74) is 2.71. The van der Waals surface area contributed by atoms with Crippen molar-refractivity contribution < 1.29 is 4.42 Å². The molecule has 1 unspecified atom stereocenters. The van der Waals surface area contributed by atoms with Crippen molar-refractivity contribution in [1.82, 2.24) is 5.32 Å². The predicted octanol–water partition coefficient (Wildman–Crippen LogP) is 2.96. The molecule has 1 aromatic rings. The maximum absolute atomic E-state index is 5.53. The van der Waals surface area contributed by atoms with Crippen LogP contribution in [0.2, 0.25) is 0 Å². The molecule has 1 N–H and O–H groups in total. The average molecular weight is 191 g/mol. The van der Waals surface area contributed by atoms with E-state index < -0.39 is 0 Å². The molecule has 2 rings (SSSR count). The first-order chi connectivity index (χ1) is 6.83. The predicted molar refractivity (Wildman–Crippen MR) is 57.2 cm³/mol. The lowest BCUT2D eigenvalue weighted by Gasteiger charge is -2.16. The highest BCUT2D eigenvalue weighted by Gasteiger charge is 2.21. The molecule has 0 amide bonds. The van der Waals surface area contributed by atoms with E-state index in [0.717, 1.165) is 5.76 Å². The Kier molecular flexibility index (Phi) is 2.73. The Labute approximate surface area is 85.0 Å². The van der Waals surface area contributed by atoms with E-state index in [4.69, 9.17) is 4.42 Å².